The molecule has 4 aliphatic rings. The first-order valence-electron chi connectivity index (χ1n) is 19.7. The van der Waals surface area contributed by atoms with E-state index in [-0.39, 0.29) is 36.6 Å². The maximum Gasteiger partial charge on any atom is 0.338 e. The van der Waals surface area contributed by atoms with Crippen LogP contribution >= 0.6 is 0 Å². The molecule has 1 aliphatic heterocycles. The standard InChI is InChI=1S/C45H60N4O7/c1-27-37-22-33(45(37,3)4)23-38(27)46-43(52)41-40(28(2)51)39(26-50)56-49(41)24-30-16-13-17-36(42(30)54-9)31-19-32(21-34(20-31)48(7)8)44(53)55-35(25-47(5)6)18-29-14-11-10-12-15-29/h10-17,19-21,28,33,35,37-41,50-51H,1,18,22-26H2,2-9H3,(H,46,52)/t28-,33+,35?,37-,38-,39-,40-,41-/m0/s1. The highest BCUT2D eigenvalue weighted by Gasteiger charge is 2.56. The molecule has 3 N–H and O–H groups in total. The van der Waals surface area contributed by atoms with Crippen LogP contribution in [0.15, 0.2) is 78.9 Å². The number of methoxy groups -OCH3 is 1. The van der Waals surface area contributed by atoms with Gasteiger partial charge in [-0.05, 0) is 80.4 Å². The smallest absolute Gasteiger partial charge is 0.338 e. The number of hydrogen-bond acceptors (Lipinski definition) is 10. The van der Waals surface area contributed by atoms with Gasteiger partial charge in [-0.1, -0.05) is 74.5 Å². The quantitative estimate of drug-likeness (QED) is 0.138. The van der Waals surface area contributed by atoms with E-state index in [9.17, 15) is 19.8 Å². The van der Waals surface area contributed by atoms with Gasteiger partial charge < -0.3 is 34.8 Å². The van der Waals surface area contributed by atoms with E-state index in [2.05, 4.69) is 25.7 Å². The monoisotopic (exact) mass is 768 g/mol. The van der Waals surface area contributed by atoms with Crippen LogP contribution in [0.1, 0.15) is 55.1 Å². The first-order chi connectivity index (χ1) is 26.6. The highest BCUT2D eigenvalue weighted by Crippen LogP contribution is 2.60. The Bertz CT molecular complexity index is 1880. The molecule has 2 bridgehead atoms. The SMILES string of the molecule is C=C1[C@@H](NC(=O)[C@@H]2[C@@H]([C@H](C)O)[C@H](CO)ON2Cc2cccc(-c3cc(C(=O)OC(Cc4ccccc4)CN(C)C)cc(N(C)C)c3)c2OC)C[C@H]2C[C@@H]1C2(C)C. The van der Waals surface area contributed by atoms with Crippen molar-refractivity contribution in [1.82, 2.24) is 15.3 Å². The van der Waals surface area contributed by atoms with Gasteiger partial charge in [0.15, 0.2) is 0 Å². The molecular weight excluding hydrogens is 709 g/mol. The van der Waals surface area contributed by atoms with Crippen LogP contribution in [0.2, 0.25) is 0 Å². The number of nitrogens with one attached hydrogen (secondary N) is 1. The number of benzene rings is 3. The zero-order valence-electron chi connectivity index (χ0n) is 34.2. The van der Waals surface area contributed by atoms with E-state index >= 15 is 0 Å². The third-order valence-corrected chi connectivity index (χ3v) is 12.3. The Morgan fingerprint density at radius 3 is 2.39 bits per heavy atom. The molecule has 7 rings (SSSR count). The Morgan fingerprint density at radius 2 is 1.79 bits per heavy atom. The lowest BCUT2D eigenvalue weighted by molar-refractivity contribution is -0.182. The number of carbonyl (C=O) groups excluding carboxylic acids is 2. The number of carbonyl (C=O) groups is 2. The molecule has 1 saturated heterocycles. The molecule has 1 unspecified atom stereocenters. The number of aliphatic hydroxyl groups is 2. The first kappa shape index (κ1) is 41.4. The molecule has 11 heteroatoms. The van der Waals surface area contributed by atoms with Gasteiger partial charge in [-0.2, -0.15) is 5.06 Å². The minimum atomic E-state index is -0.931. The minimum absolute atomic E-state index is 0.132. The third-order valence-electron chi connectivity index (χ3n) is 12.3. The van der Waals surface area contributed by atoms with Gasteiger partial charge in [0, 0.05) is 49.8 Å². The van der Waals surface area contributed by atoms with Gasteiger partial charge in [-0.15, -0.1) is 0 Å². The maximum absolute atomic E-state index is 14.3. The van der Waals surface area contributed by atoms with Crippen LogP contribution in [0, 0.1) is 23.2 Å². The van der Waals surface area contributed by atoms with Crippen molar-refractivity contribution < 1.29 is 34.1 Å². The Labute approximate surface area is 332 Å². The molecule has 11 nitrogen and oxygen atoms in total. The second-order valence-corrected chi connectivity index (χ2v) is 17.0. The first-order valence-corrected chi connectivity index (χ1v) is 19.7. The van der Waals surface area contributed by atoms with Crippen molar-refractivity contribution in [3.05, 3.63) is 95.6 Å². The highest BCUT2D eigenvalue weighted by molar-refractivity contribution is 5.93. The Balaban J connectivity index is 1.28. The zero-order chi connectivity index (χ0) is 40.5. The molecule has 302 valence electrons. The summed E-state index contributed by atoms with van der Waals surface area (Å²) in [6.45, 7) is 10.9. The average molecular weight is 769 g/mol. The van der Waals surface area contributed by atoms with Crippen LogP contribution in [0.5, 0.6) is 5.75 Å². The van der Waals surface area contributed by atoms with Gasteiger partial charge in [-0.3, -0.25) is 9.63 Å². The number of anilines is 1. The molecule has 3 aromatic rings. The maximum atomic E-state index is 14.3. The molecule has 0 aromatic heterocycles. The predicted octanol–water partition coefficient (Wildman–Crippen LogP) is 5.34. The molecule has 8 atom stereocenters. The molecule has 0 spiro atoms. The topological polar surface area (TPSA) is 124 Å². The Hall–Kier alpha value is -4.26. The lowest BCUT2D eigenvalue weighted by atomic mass is 9.46. The second-order valence-electron chi connectivity index (χ2n) is 17.0. The fourth-order valence-corrected chi connectivity index (χ4v) is 9.14. The summed E-state index contributed by atoms with van der Waals surface area (Å²) < 4.78 is 12.3. The largest absolute Gasteiger partial charge is 0.496 e. The Kier molecular flexibility index (Phi) is 12.6. The van der Waals surface area contributed by atoms with Crippen LogP contribution in [0.4, 0.5) is 5.69 Å². The number of likely N-dealkylation sites (N-methyl/N-ethyl adjacent to an activating group) is 1. The summed E-state index contributed by atoms with van der Waals surface area (Å²) >= 11 is 0. The van der Waals surface area contributed by atoms with E-state index in [4.69, 9.17) is 14.3 Å². The second kappa shape index (κ2) is 17.1. The van der Waals surface area contributed by atoms with Crippen molar-refractivity contribution in [3.8, 4) is 16.9 Å². The minimum Gasteiger partial charge on any atom is -0.496 e. The van der Waals surface area contributed by atoms with Gasteiger partial charge >= 0.3 is 5.97 Å². The number of para-hydroxylation sites is 1. The van der Waals surface area contributed by atoms with E-state index in [1.807, 2.05) is 105 Å². The van der Waals surface area contributed by atoms with Crippen molar-refractivity contribution in [1.29, 1.82) is 0 Å². The molecular formula is C45H60N4O7. The summed E-state index contributed by atoms with van der Waals surface area (Å²) in [6.07, 6.45) is 0.425. The van der Waals surface area contributed by atoms with Crippen LogP contribution < -0.4 is 15.0 Å². The summed E-state index contributed by atoms with van der Waals surface area (Å²) in [7, 11) is 9.36. The molecule has 3 aromatic carbocycles. The molecule has 1 amide bonds. The number of amides is 1. The number of hydroxylamine groups is 2. The lowest BCUT2D eigenvalue weighted by Crippen LogP contribution is -2.59. The molecule has 1 heterocycles. The Morgan fingerprint density at radius 1 is 1.05 bits per heavy atom. The summed E-state index contributed by atoms with van der Waals surface area (Å²) in [4.78, 5) is 38.4. The lowest BCUT2D eigenvalue weighted by Gasteiger charge is -2.60. The number of fused-ring (bicyclic) bond motifs is 2. The predicted molar refractivity (Wildman–Crippen MR) is 218 cm³/mol. The van der Waals surface area contributed by atoms with Crippen molar-refractivity contribution in [3.63, 3.8) is 0 Å². The normalized spacial score (nSPS) is 25.3. The van der Waals surface area contributed by atoms with Crippen LogP contribution in [-0.4, -0.2) is 111 Å². The van der Waals surface area contributed by atoms with Crippen LogP contribution in [-0.2, 0) is 27.3 Å². The third kappa shape index (κ3) is 8.52. The van der Waals surface area contributed by atoms with Gasteiger partial charge in [-0.25, -0.2) is 4.79 Å². The summed E-state index contributed by atoms with van der Waals surface area (Å²) in [5.74, 6) is 0.0342. The molecule has 3 aliphatic carbocycles. The van der Waals surface area contributed by atoms with Crippen molar-refractivity contribution in [2.75, 3.05) is 53.4 Å². The van der Waals surface area contributed by atoms with Crippen LogP contribution in [0.3, 0.4) is 0 Å². The molecule has 3 saturated carbocycles. The van der Waals surface area contributed by atoms with E-state index in [1.54, 1.807) is 19.1 Å². The van der Waals surface area contributed by atoms with Gasteiger partial charge in [0.05, 0.1) is 38.0 Å². The fraction of sp³-hybridized carbons (Fsp3) is 0.511. The van der Waals surface area contributed by atoms with E-state index in [0.717, 1.165) is 46.4 Å². The van der Waals surface area contributed by atoms with Gasteiger partial charge in [0.1, 0.15) is 24.0 Å². The summed E-state index contributed by atoms with van der Waals surface area (Å²) in [5.41, 5.74) is 5.74. The van der Waals surface area contributed by atoms with Crippen molar-refractivity contribution in [2.45, 2.75) is 77.0 Å². The molecule has 0 radical (unpaired) electrons. The number of hydrogen-bond donors (Lipinski definition) is 3. The van der Waals surface area contributed by atoms with Crippen LogP contribution in [0.25, 0.3) is 11.1 Å². The van der Waals surface area contributed by atoms with Gasteiger partial charge in [0.25, 0.3) is 0 Å². The fourth-order valence-electron chi connectivity index (χ4n) is 9.14. The van der Waals surface area contributed by atoms with Crippen molar-refractivity contribution >= 4 is 17.6 Å². The van der Waals surface area contributed by atoms with E-state index in [0.29, 0.717) is 36.1 Å². The number of nitrogens with zero attached hydrogens (tertiary/aromatic N) is 3. The molecule has 56 heavy (non-hydrogen) atoms. The zero-order valence-corrected chi connectivity index (χ0v) is 34.2. The average Bonchev–Trinajstić information content (AvgIpc) is 3.53. The number of aliphatic hydroxyl groups excluding tert-OH is 2. The summed E-state index contributed by atoms with van der Waals surface area (Å²) in [5, 5.41) is 26.1. The number of esters is 1. The summed E-state index contributed by atoms with van der Waals surface area (Å²) in [6, 6.07) is 20.3. The van der Waals surface area contributed by atoms with Crippen molar-refractivity contribution in [2.24, 2.45) is 23.2 Å². The number of ether oxygens (including phenoxy) is 2. The van der Waals surface area contributed by atoms with Gasteiger partial charge in [0.2, 0.25) is 5.91 Å². The molecule has 4 fully saturated rings. The van der Waals surface area contributed by atoms with E-state index in [1.165, 1.54) is 0 Å². The highest BCUT2D eigenvalue weighted by atomic mass is 16.7. The van der Waals surface area contributed by atoms with E-state index < -0.39 is 30.1 Å². The number of rotatable bonds is 15.